The largest absolute Gasteiger partial charge is 0.313 e. The topological polar surface area (TPSA) is 12.0 Å². The maximum Gasteiger partial charge on any atom is 0.0189 e. The molecule has 0 spiro atoms. The second kappa shape index (κ2) is 8.42. The van der Waals surface area contributed by atoms with E-state index in [0.29, 0.717) is 0 Å². The molecule has 1 aliphatic carbocycles. The van der Waals surface area contributed by atoms with E-state index in [4.69, 9.17) is 0 Å². The first-order valence-electron chi connectivity index (χ1n) is 7.54. The van der Waals surface area contributed by atoms with Gasteiger partial charge in [-0.15, -0.1) is 0 Å². The maximum absolute atomic E-state index is 3.75. The highest BCUT2D eigenvalue weighted by Gasteiger charge is 2.30. The van der Waals surface area contributed by atoms with Crippen molar-refractivity contribution in [2.24, 2.45) is 11.8 Å². The summed E-state index contributed by atoms with van der Waals surface area (Å²) in [6, 6.07) is 0.748. The minimum Gasteiger partial charge on any atom is -0.313 e. The Hall–Kier alpha value is 0.310. The summed E-state index contributed by atoms with van der Waals surface area (Å²) in [4.78, 5) is 0. The monoisotopic (exact) mass is 257 g/mol. The van der Waals surface area contributed by atoms with E-state index in [2.05, 4.69) is 44.8 Å². The van der Waals surface area contributed by atoms with Crippen molar-refractivity contribution in [1.82, 2.24) is 5.32 Å². The number of thioether (sulfide) groups is 1. The highest BCUT2D eigenvalue weighted by molar-refractivity contribution is 7.99. The van der Waals surface area contributed by atoms with Gasteiger partial charge >= 0.3 is 0 Å². The Morgan fingerprint density at radius 2 is 1.88 bits per heavy atom. The van der Waals surface area contributed by atoms with E-state index in [9.17, 15) is 0 Å². The Bertz CT molecular complexity index is 193. The van der Waals surface area contributed by atoms with Crippen LogP contribution in [-0.4, -0.2) is 23.6 Å². The molecule has 1 rings (SSSR count). The van der Waals surface area contributed by atoms with Crippen LogP contribution in [0.3, 0.4) is 0 Å². The molecule has 1 fully saturated rings. The van der Waals surface area contributed by atoms with Gasteiger partial charge in [0.1, 0.15) is 0 Å². The zero-order valence-corrected chi connectivity index (χ0v) is 13.0. The quantitative estimate of drug-likeness (QED) is 0.729. The van der Waals surface area contributed by atoms with Crippen molar-refractivity contribution in [3.05, 3.63) is 0 Å². The third-order valence-electron chi connectivity index (χ3n) is 4.08. The van der Waals surface area contributed by atoms with Gasteiger partial charge in [0.15, 0.2) is 0 Å². The predicted octanol–water partition coefficient (Wildman–Crippen LogP) is 4.32. The third-order valence-corrected chi connectivity index (χ3v) is 5.30. The summed E-state index contributed by atoms with van der Waals surface area (Å²) >= 11 is 2.12. The minimum absolute atomic E-state index is 0.748. The first kappa shape index (κ1) is 15.4. The second-order valence-corrected chi connectivity index (χ2v) is 7.27. The smallest absolute Gasteiger partial charge is 0.0189 e. The van der Waals surface area contributed by atoms with Crippen LogP contribution in [0.5, 0.6) is 0 Å². The van der Waals surface area contributed by atoms with Gasteiger partial charge in [-0.25, -0.2) is 0 Å². The molecule has 0 amide bonds. The van der Waals surface area contributed by atoms with Crippen molar-refractivity contribution >= 4 is 11.8 Å². The summed E-state index contributed by atoms with van der Waals surface area (Å²) in [5.41, 5.74) is 0. The van der Waals surface area contributed by atoms with Gasteiger partial charge in [0.05, 0.1) is 0 Å². The van der Waals surface area contributed by atoms with Gasteiger partial charge in [-0.2, -0.15) is 11.8 Å². The molecule has 0 aliphatic heterocycles. The normalized spacial score (nSPS) is 27.4. The number of nitrogens with one attached hydrogen (secondary N) is 1. The molecule has 0 saturated heterocycles. The van der Waals surface area contributed by atoms with Crippen LogP contribution in [0.25, 0.3) is 0 Å². The van der Waals surface area contributed by atoms with Crippen molar-refractivity contribution in [1.29, 1.82) is 0 Å². The van der Waals surface area contributed by atoms with Crippen molar-refractivity contribution in [2.75, 3.05) is 12.3 Å². The van der Waals surface area contributed by atoms with E-state index < -0.39 is 0 Å². The summed E-state index contributed by atoms with van der Waals surface area (Å²) in [5.74, 6) is 3.20. The van der Waals surface area contributed by atoms with Gasteiger partial charge in [0.25, 0.3) is 0 Å². The van der Waals surface area contributed by atoms with Crippen molar-refractivity contribution in [3.8, 4) is 0 Å². The van der Waals surface area contributed by atoms with Gasteiger partial charge in [-0.05, 0) is 30.1 Å². The third kappa shape index (κ3) is 5.21. The van der Waals surface area contributed by atoms with E-state index in [-0.39, 0.29) is 0 Å². The first-order valence-corrected chi connectivity index (χ1v) is 8.58. The average Bonchev–Trinajstić information content (AvgIpc) is 2.34. The van der Waals surface area contributed by atoms with Gasteiger partial charge < -0.3 is 5.32 Å². The first-order chi connectivity index (χ1) is 8.19. The van der Waals surface area contributed by atoms with Crippen LogP contribution >= 0.6 is 11.8 Å². The fourth-order valence-electron chi connectivity index (χ4n) is 3.17. The zero-order chi connectivity index (χ0) is 12.7. The molecule has 1 nitrogen and oxygen atoms in total. The summed E-state index contributed by atoms with van der Waals surface area (Å²) in [6.45, 7) is 10.4. The predicted molar refractivity (Wildman–Crippen MR) is 80.8 cm³/mol. The maximum atomic E-state index is 3.75. The molecule has 0 aromatic heterocycles. The number of hydrogen-bond acceptors (Lipinski definition) is 2. The SMILES string of the molecule is CCNC(CSC(C)C)C1CCCCC1CC. The molecule has 17 heavy (non-hydrogen) atoms. The summed E-state index contributed by atoms with van der Waals surface area (Å²) in [7, 11) is 0. The number of hydrogen-bond donors (Lipinski definition) is 1. The summed E-state index contributed by atoms with van der Waals surface area (Å²) < 4.78 is 0. The molecule has 0 radical (unpaired) electrons. The molecule has 3 atom stereocenters. The van der Waals surface area contributed by atoms with Crippen LogP contribution < -0.4 is 5.32 Å². The average molecular weight is 257 g/mol. The van der Waals surface area contributed by atoms with E-state index in [0.717, 1.165) is 29.7 Å². The lowest BCUT2D eigenvalue weighted by Crippen LogP contribution is -2.43. The lowest BCUT2D eigenvalue weighted by Gasteiger charge is -2.37. The molecule has 0 aromatic rings. The molecule has 102 valence electrons. The summed E-state index contributed by atoms with van der Waals surface area (Å²) in [5, 5.41) is 4.51. The Morgan fingerprint density at radius 3 is 2.47 bits per heavy atom. The lowest BCUT2D eigenvalue weighted by atomic mass is 9.74. The minimum atomic E-state index is 0.748. The standard InChI is InChI=1S/C15H31NS/c1-5-13-9-7-8-10-14(13)15(16-6-2)11-17-12(3)4/h12-16H,5-11H2,1-4H3. The van der Waals surface area contributed by atoms with Crippen LogP contribution in [0.15, 0.2) is 0 Å². The molecular formula is C15H31NS. The van der Waals surface area contributed by atoms with Gasteiger partial charge in [0, 0.05) is 11.8 Å². The Morgan fingerprint density at radius 1 is 1.18 bits per heavy atom. The van der Waals surface area contributed by atoms with E-state index in [1.807, 2.05) is 0 Å². The summed E-state index contributed by atoms with van der Waals surface area (Å²) in [6.07, 6.45) is 7.21. The molecule has 1 aliphatic rings. The molecule has 2 heteroatoms. The van der Waals surface area contributed by atoms with E-state index in [1.54, 1.807) is 0 Å². The van der Waals surface area contributed by atoms with E-state index >= 15 is 0 Å². The lowest BCUT2D eigenvalue weighted by molar-refractivity contribution is 0.186. The molecule has 1 saturated carbocycles. The molecule has 0 bridgehead atoms. The Kier molecular flexibility index (Phi) is 7.61. The van der Waals surface area contributed by atoms with Gasteiger partial charge in [-0.3, -0.25) is 0 Å². The fourth-order valence-corrected chi connectivity index (χ4v) is 4.12. The number of rotatable bonds is 7. The Balaban J connectivity index is 2.53. The van der Waals surface area contributed by atoms with E-state index in [1.165, 1.54) is 37.9 Å². The van der Waals surface area contributed by atoms with Crippen LogP contribution in [0.2, 0.25) is 0 Å². The van der Waals surface area contributed by atoms with Crippen molar-refractivity contribution in [3.63, 3.8) is 0 Å². The van der Waals surface area contributed by atoms with Gasteiger partial charge in [0.2, 0.25) is 0 Å². The van der Waals surface area contributed by atoms with Gasteiger partial charge in [-0.1, -0.05) is 53.4 Å². The van der Waals surface area contributed by atoms with Crippen LogP contribution in [0, 0.1) is 11.8 Å². The van der Waals surface area contributed by atoms with Crippen LogP contribution in [0.1, 0.15) is 59.8 Å². The van der Waals surface area contributed by atoms with Crippen molar-refractivity contribution < 1.29 is 0 Å². The van der Waals surface area contributed by atoms with Crippen molar-refractivity contribution in [2.45, 2.75) is 71.1 Å². The second-order valence-electron chi connectivity index (χ2n) is 5.66. The molecule has 0 aromatic carbocycles. The molecule has 1 N–H and O–H groups in total. The fraction of sp³-hybridized carbons (Fsp3) is 1.00. The molecule has 0 heterocycles. The zero-order valence-electron chi connectivity index (χ0n) is 12.2. The van der Waals surface area contributed by atoms with Crippen LogP contribution in [0.4, 0.5) is 0 Å². The molecular weight excluding hydrogens is 226 g/mol. The highest BCUT2D eigenvalue weighted by atomic mass is 32.2. The Labute approximate surface area is 113 Å². The molecule has 3 unspecified atom stereocenters. The highest BCUT2D eigenvalue weighted by Crippen LogP contribution is 2.35. The van der Waals surface area contributed by atoms with Crippen LogP contribution in [-0.2, 0) is 0 Å².